The lowest BCUT2D eigenvalue weighted by molar-refractivity contribution is -0.138. The minimum absolute atomic E-state index is 0.0233. The van der Waals surface area contributed by atoms with Crippen molar-refractivity contribution in [3.63, 3.8) is 0 Å². The molecule has 0 saturated carbocycles. The van der Waals surface area contributed by atoms with Gasteiger partial charge in [-0.25, -0.2) is 0 Å². The molecule has 1 fully saturated rings. The van der Waals surface area contributed by atoms with Gasteiger partial charge >= 0.3 is 5.97 Å². The Bertz CT molecular complexity index is 350. The van der Waals surface area contributed by atoms with Crippen LogP contribution in [-0.4, -0.2) is 22.9 Å². The van der Waals surface area contributed by atoms with Gasteiger partial charge in [0.2, 0.25) is 0 Å². The summed E-state index contributed by atoms with van der Waals surface area (Å²) >= 11 is 1.56. The average Bonchev–Trinajstić information content (AvgIpc) is 2.70. The number of carboxylic acid groups (broad SMARTS) is 1. The Hall–Kier alpha value is -0.940. The number of hydrogen-bond acceptors (Lipinski definition) is 4. The Balaban J connectivity index is 2.05. The zero-order chi connectivity index (χ0) is 10.1. The molecule has 76 valence electrons. The van der Waals surface area contributed by atoms with E-state index in [1.165, 1.54) is 0 Å². The number of thioether (sulfide) groups is 1. The third-order valence-electron chi connectivity index (χ3n) is 2.10. The first-order valence-electron chi connectivity index (χ1n) is 4.33. The first kappa shape index (κ1) is 9.61. The lowest BCUT2D eigenvalue weighted by Crippen LogP contribution is -2.33. The Kier molecular flexibility index (Phi) is 2.52. The highest BCUT2D eigenvalue weighted by atomic mass is 32.2. The summed E-state index contributed by atoms with van der Waals surface area (Å²) in [5, 5.41) is 11.7. The molecule has 1 aliphatic rings. The molecule has 2 heterocycles. The lowest BCUT2D eigenvalue weighted by Gasteiger charge is -2.07. The van der Waals surface area contributed by atoms with Crippen LogP contribution < -0.4 is 5.32 Å². The van der Waals surface area contributed by atoms with E-state index in [0.717, 1.165) is 11.5 Å². The smallest absolute Gasteiger partial charge is 0.321 e. The van der Waals surface area contributed by atoms with Gasteiger partial charge in [-0.15, -0.1) is 11.8 Å². The van der Waals surface area contributed by atoms with Crippen LogP contribution in [0.1, 0.15) is 16.9 Å². The highest BCUT2D eigenvalue weighted by Crippen LogP contribution is 2.33. The van der Waals surface area contributed by atoms with E-state index in [2.05, 4.69) is 5.32 Å². The summed E-state index contributed by atoms with van der Waals surface area (Å²) in [6.45, 7) is 1.87. The lowest BCUT2D eigenvalue weighted by atomic mass is 10.3. The van der Waals surface area contributed by atoms with E-state index in [1.807, 2.05) is 19.1 Å². The van der Waals surface area contributed by atoms with Crippen molar-refractivity contribution in [2.24, 2.45) is 0 Å². The van der Waals surface area contributed by atoms with Crippen LogP contribution in [0.3, 0.4) is 0 Å². The molecule has 0 amide bonds. The predicted octanol–water partition coefficient (Wildman–Crippen LogP) is 1.38. The fourth-order valence-corrected chi connectivity index (χ4v) is 2.55. The second-order valence-electron chi connectivity index (χ2n) is 3.22. The minimum atomic E-state index is -0.803. The maximum Gasteiger partial charge on any atom is 0.321 e. The maximum absolute atomic E-state index is 10.7. The summed E-state index contributed by atoms with van der Waals surface area (Å²) in [6, 6.07) is 3.30. The fourth-order valence-electron chi connectivity index (χ4n) is 1.37. The van der Waals surface area contributed by atoms with Crippen LogP contribution >= 0.6 is 11.8 Å². The van der Waals surface area contributed by atoms with Crippen molar-refractivity contribution < 1.29 is 14.3 Å². The summed E-state index contributed by atoms with van der Waals surface area (Å²) in [5.41, 5.74) is 0. The monoisotopic (exact) mass is 213 g/mol. The Morgan fingerprint density at radius 2 is 2.50 bits per heavy atom. The van der Waals surface area contributed by atoms with Crippen molar-refractivity contribution in [1.29, 1.82) is 0 Å². The van der Waals surface area contributed by atoms with Gasteiger partial charge in [-0.3, -0.25) is 10.1 Å². The number of carbonyl (C=O) groups is 1. The molecule has 0 spiro atoms. The number of carboxylic acids is 1. The second-order valence-corrected chi connectivity index (χ2v) is 4.36. The molecule has 1 aliphatic heterocycles. The summed E-state index contributed by atoms with van der Waals surface area (Å²) in [4.78, 5) is 10.7. The normalized spacial score (nSPS) is 26.6. The fraction of sp³-hybridized carbons (Fsp3) is 0.444. The van der Waals surface area contributed by atoms with Crippen LogP contribution in [0, 0.1) is 6.92 Å². The van der Waals surface area contributed by atoms with Crippen LogP contribution in [0.2, 0.25) is 0 Å². The molecule has 5 heteroatoms. The molecule has 0 radical (unpaired) electrons. The molecule has 2 atom stereocenters. The van der Waals surface area contributed by atoms with Gasteiger partial charge in [0.15, 0.2) is 0 Å². The topological polar surface area (TPSA) is 62.5 Å². The van der Waals surface area contributed by atoms with Gasteiger partial charge in [0.05, 0.1) is 0 Å². The molecule has 0 aliphatic carbocycles. The van der Waals surface area contributed by atoms with Crippen molar-refractivity contribution in [2.45, 2.75) is 18.3 Å². The van der Waals surface area contributed by atoms with Gasteiger partial charge in [0.1, 0.15) is 22.9 Å². The molecular weight excluding hydrogens is 202 g/mol. The van der Waals surface area contributed by atoms with E-state index in [1.54, 1.807) is 11.8 Å². The zero-order valence-corrected chi connectivity index (χ0v) is 8.50. The van der Waals surface area contributed by atoms with Crippen molar-refractivity contribution in [1.82, 2.24) is 5.32 Å². The van der Waals surface area contributed by atoms with Crippen LogP contribution in [0.25, 0.3) is 0 Å². The molecule has 2 N–H and O–H groups in total. The average molecular weight is 213 g/mol. The number of aliphatic carboxylic acids is 1. The molecule has 0 unspecified atom stereocenters. The highest BCUT2D eigenvalue weighted by Gasteiger charge is 2.31. The zero-order valence-electron chi connectivity index (χ0n) is 7.69. The molecule has 1 aromatic rings. The summed E-state index contributed by atoms with van der Waals surface area (Å²) in [7, 11) is 0. The molecule has 2 rings (SSSR count). The molecule has 4 nitrogen and oxygen atoms in total. The first-order valence-corrected chi connectivity index (χ1v) is 5.38. The Morgan fingerprint density at radius 1 is 1.71 bits per heavy atom. The summed E-state index contributed by atoms with van der Waals surface area (Å²) < 4.78 is 5.42. The van der Waals surface area contributed by atoms with Crippen molar-refractivity contribution in [3.05, 3.63) is 23.7 Å². The van der Waals surface area contributed by atoms with E-state index in [9.17, 15) is 4.79 Å². The number of furan rings is 1. The van der Waals surface area contributed by atoms with Crippen molar-refractivity contribution >= 4 is 17.7 Å². The Morgan fingerprint density at radius 3 is 3.00 bits per heavy atom. The SMILES string of the molecule is Cc1ccc([C@@H]2N[C@H](C(=O)O)CS2)o1. The predicted molar refractivity (Wildman–Crippen MR) is 53.2 cm³/mol. The molecule has 0 bridgehead atoms. The van der Waals surface area contributed by atoms with Crippen LogP contribution in [-0.2, 0) is 4.79 Å². The standard InChI is InChI=1S/C9H11NO3S/c1-5-2-3-7(13-5)8-10-6(4-14-8)9(11)12/h2-3,6,8,10H,4H2,1H3,(H,11,12)/t6-,8+/m0/s1. The maximum atomic E-state index is 10.7. The van der Waals surface area contributed by atoms with Gasteiger partial charge < -0.3 is 9.52 Å². The number of hydrogen-bond donors (Lipinski definition) is 2. The van der Waals surface area contributed by atoms with E-state index in [4.69, 9.17) is 9.52 Å². The second kappa shape index (κ2) is 3.67. The third-order valence-corrected chi connectivity index (χ3v) is 3.33. The largest absolute Gasteiger partial charge is 0.480 e. The van der Waals surface area contributed by atoms with E-state index >= 15 is 0 Å². The third kappa shape index (κ3) is 1.78. The van der Waals surface area contributed by atoms with E-state index < -0.39 is 12.0 Å². The van der Waals surface area contributed by atoms with Gasteiger partial charge in [-0.2, -0.15) is 0 Å². The quantitative estimate of drug-likeness (QED) is 0.777. The molecule has 1 saturated heterocycles. The van der Waals surface area contributed by atoms with E-state index in [0.29, 0.717) is 5.75 Å². The number of aryl methyl sites for hydroxylation is 1. The van der Waals surface area contributed by atoms with Crippen molar-refractivity contribution in [2.75, 3.05) is 5.75 Å². The van der Waals surface area contributed by atoms with Crippen LogP contribution in [0.5, 0.6) is 0 Å². The van der Waals surface area contributed by atoms with Crippen molar-refractivity contribution in [3.8, 4) is 0 Å². The molecule has 0 aromatic carbocycles. The number of rotatable bonds is 2. The molecule has 14 heavy (non-hydrogen) atoms. The van der Waals surface area contributed by atoms with Gasteiger partial charge in [-0.05, 0) is 19.1 Å². The van der Waals surface area contributed by atoms with Gasteiger partial charge in [-0.1, -0.05) is 0 Å². The molecular formula is C9H11NO3S. The molecule has 1 aromatic heterocycles. The van der Waals surface area contributed by atoms with Crippen LogP contribution in [0.4, 0.5) is 0 Å². The first-order chi connectivity index (χ1) is 6.66. The Labute approximate surface area is 85.7 Å². The number of nitrogens with one attached hydrogen (secondary N) is 1. The summed E-state index contributed by atoms with van der Waals surface area (Å²) in [6.07, 6.45) is 0. The van der Waals surface area contributed by atoms with E-state index in [-0.39, 0.29) is 5.37 Å². The minimum Gasteiger partial charge on any atom is -0.480 e. The highest BCUT2D eigenvalue weighted by molar-refractivity contribution is 7.99. The van der Waals surface area contributed by atoms with Gasteiger partial charge in [0, 0.05) is 5.75 Å². The summed E-state index contributed by atoms with van der Waals surface area (Å²) in [5.74, 6) is 1.43. The van der Waals surface area contributed by atoms with Gasteiger partial charge in [0.25, 0.3) is 0 Å². The van der Waals surface area contributed by atoms with Crippen LogP contribution in [0.15, 0.2) is 16.5 Å².